The van der Waals surface area contributed by atoms with Crippen LogP contribution >= 0.6 is 11.6 Å². The fraction of sp³-hybridized carbons (Fsp3) is 0.400. The molecule has 1 heterocycles. The average molecular weight is 200 g/mol. The number of benzene rings is 1. The summed E-state index contributed by atoms with van der Waals surface area (Å²) in [6.07, 6.45) is -0.0979. The predicted octanol–water partition coefficient (Wildman–Crippen LogP) is 3.03. The lowest BCUT2D eigenvalue weighted by Gasteiger charge is -2.11. The molecule has 1 nitrogen and oxygen atoms in total. The van der Waals surface area contributed by atoms with Crippen molar-refractivity contribution in [3.05, 3.63) is 28.8 Å². The molecule has 2 atom stereocenters. The Morgan fingerprint density at radius 2 is 2.38 bits per heavy atom. The average Bonchev–Trinajstić information content (AvgIpc) is 2.46. The molecule has 1 aromatic carbocycles. The normalized spacial score (nSPS) is 22.2. The molecule has 0 saturated heterocycles. The molecule has 2 unspecified atom stereocenters. The van der Waals surface area contributed by atoms with Crippen LogP contribution in [0.2, 0.25) is 5.02 Å². The molecule has 0 aromatic heterocycles. The van der Waals surface area contributed by atoms with Crippen LogP contribution in [0.4, 0.5) is 10.1 Å². The third kappa shape index (κ3) is 1.63. The molecule has 1 N–H and O–H groups in total. The first-order valence-electron chi connectivity index (χ1n) is 4.36. The largest absolute Gasteiger partial charge is 0.379 e. The van der Waals surface area contributed by atoms with Crippen LogP contribution in [-0.4, -0.2) is 12.2 Å². The van der Waals surface area contributed by atoms with E-state index in [-0.39, 0.29) is 6.04 Å². The van der Waals surface area contributed by atoms with Crippen molar-refractivity contribution in [2.45, 2.75) is 25.6 Å². The van der Waals surface area contributed by atoms with Gasteiger partial charge < -0.3 is 5.32 Å². The van der Waals surface area contributed by atoms with Crippen LogP contribution < -0.4 is 5.32 Å². The van der Waals surface area contributed by atoms with Gasteiger partial charge in [0, 0.05) is 10.7 Å². The number of alkyl halides is 1. The first-order chi connectivity index (χ1) is 6.16. The fourth-order valence-corrected chi connectivity index (χ4v) is 1.83. The van der Waals surface area contributed by atoms with Gasteiger partial charge in [-0.3, -0.25) is 0 Å². The molecule has 0 aliphatic carbocycles. The van der Waals surface area contributed by atoms with E-state index >= 15 is 0 Å². The number of hydrogen-bond donors (Lipinski definition) is 1. The topological polar surface area (TPSA) is 12.0 Å². The van der Waals surface area contributed by atoms with Crippen molar-refractivity contribution in [3.63, 3.8) is 0 Å². The summed E-state index contributed by atoms with van der Waals surface area (Å²) < 4.78 is 13.0. The SMILES string of the molecule is CC(F)C1Cc2cc(Cl)ccc2N1. The van der Waals surface area contributed by atoms with Gasteiger partial charge in [-0.2, -0.15) is 0 Å². The highest BCUT2D eigenvalue weighted by Crippen LogP contribution is 2.29. The minimum absolute atomic E-state index is 0.0894. The molecule has 3 heteroatoms. The molecule has 13 heavy (non-hydrogen) atoms. The van der Waals surface area contributed by atoms with E-state index in [1.165, 1.54) is 0 Å². The molecule has 0 fully saturated rings. The van der Waals surface area contributed by atoms with E-state index in [1.54, 1.807) is 6.92 Å². The minimum atomic E-state index is -0.828. The highest BCUT2D eigenvalue weighted by atomic mass is 35.5. The summed E-state index contributed by atoms with van der Waals surface area (Å²) in [5.74, 6) is 0. The Hall–Kier alpha value is -0.760. The summed E-state index contributed by atoms with van der Waals surface area (Å²) in [5, 5.41) is 3.84. The van der Waals surface area contributed by atoms with Gasteiger partial charge in [-0.25, -0.2) is 4.39 Å². The Bertz CT molecular complexity index is 325. The molecule has 1 aliphatic rings. The molecule has 70 valence electrons. The van der Waals surface area contributed by atoms with Gasteiger partial charge in [0.2, 0.25) is 0 Å². The molecule has 0 radical (unpaired) electrons. The van der Waals surface area contributed by atoms with Gasteiger partial charge in [0.05, 0.1) is 6.04 Å². The lowest BCUT2D eigenvalue weighted by Crippen LogP contribution is -2.25. The highest BCUT2D eigenvalue weighted by molar-refractivity contribution is 6.30. The van der Waals surface area contributed by atoms with Gasteiger partial charge in [-0.15, -0.1) is 0 Å². The monoisotopic (exact) mass is 199 g/mol. The van der Waals surface area contributed by atoms with Crippen LogP contribution in [0, 0.1) is 0 Å². The van der Waals surface area contributed by atoms with Crippen molar-refractivity contribution in [2.24, 2.45) is 0 Å². The van der Waals surface area contributed by atoms with Crippen LogP contribution in [-0.2, 0) is 6.42 Å². The number of hydrogen-bond acceptors (Lipinski definition) is 1. The van der Waals surface area contributed by atoms with E-state index < -0.39 is 6.17 Å². The Morgan fingerprint density at radius 1 is 1.62 bits per heavy atom. The van der Waals surface area contributed by atoms with Crippen molar-refractivity contribution in [2.75, 3.05) is 5.32 Å². The summed E-state index contributed by atoms with van der Waals surface area (Å²) in [5.41, 5.74) is 2.13. The van der Waals surface area contributed by atoms with E-state index in [9.17, 15) is 4.39 Å². The van der Waals surface area contributed by atoms with E-state index in [2.05, 4.69) is 5.32 Å². The van der Waals surface area contributed by atoms with Gasteiger partial charge in [0.1, 0.15) is 6.17 Å². The third-order valence-electron chi connectivity index (χ3n) is 2.40. The second-order valence-electron chi connectivity index (χ2n) is 3.43. The van der Waals surface area contributed by atoms with Gasteiger partial charge in [0.25, 0.3) is 0 Å². The quantitative estimate of drug-likeness (QED) is 0.733. The molecule has 1 aromatic rings. The molecule has 0 saturated carbocycles. The minimum Gasteiger partial charge on any atom is -0.379 e. The standard InChI is InChI=1S/C10H11ClFN/c1-6(12)10-5-7-4-8(11)2-3-9(7)13-10/h2-4,6,10,13H,5H2,1H3. The van der Waals surface area contributed by atoms with Crippen LogP contribution in [0.3, 0.4) is 0 Å². The molecular formula is C10H11ClFN. The van der Waals surface area contributed by atoms with E-state index in [0.717, 1.165) is 17.7 Å². The van der Waals surface area contributed by atoms with Gasteiger partial charge >= 0.3 is 0 Å². The van der Waals surface area contributed by atoms with Gasteiger partial charge in [0.15, 0.2) is 0 Å². The molecule has 0 amide bonds. The van der Waals surface area contributed by atoms with E-state index in [4.69, 9.17) is 11.6 Å². The number of anilines is 1. The summed E-state index contributed by atoms with van der Waals surface area (Å²) in [6.45, 7) is 1.57. The zero-order valence-corrected chi connectivity index (χ0v) is 8.11. The first kappa shape index (κ1) is 8.82. The van der Waals surface area contributed by atoms with Crippen LogP contribution in [0.1, 0.15) is 12.5 Å². The van der Waals surface area contributed by atoms with Crippen LogP contribution in [0.5, 0.6) is 0 Å². The van der Waals surface area contributed by atoms with Gasteiger partial charge in [-0.05, 0) is 37.1 Å². The summed E-state index contributed by atoms with van der Waals surface area (Å²) in [6, 6.07) is 5.53. The first-order valence-corrected chi connectivity index (χ1v) is 4.73. The Balaban J connectivity index is 2.25. The maximum Gasteiger partial charge on any atom is 0.118 e. The summed E-state index contributed by atoms with van der Waals surface area (Å²) in [7, 11) is 0. The summed E-state index contributed by atoms with van der Waals surface area (Å²) >= 11 is 5.83. The molecule has 0 spiro atoms. The van der Waals surface area contributed by atoms with Crippen molar-refractivity contribution >= 4 is 17.3 Å². The van der Waals surface area contributed by atoms with Crippen LogP contribution in [0.15, 0.2) is 18.2 Å². The molecule has 1 aliphatic heterocycles. The number of nitrogens with one attached hydrogen (secondary N) is 1. The van der Waals surface area contributed by atoms with Crippen LogP contribution in [0.25, 0.3) is 0 Å². The zero-order valence-electron chi connectivity index (χ0n) is 7.35. The maximum absolute atomic E-state index is 13.0. The molecule has 2 rings (SSSR count). The summed E-state index contributed by atoms with van der Waals surface area (Å²) in [4.78, 5) is 0. The molecular weight excluding hydrogens is 189 g/mol. The Morgan fingerprint density at radius 3 is 3.08 bits per heavy atom. The zero-order chi connectivity index (χ0) is 9.42. The second-order valence-corrected chi connectivity index (χ2v) is 3.87. The Labute approximate surface area is 81.9 Å². The lowest BCUT2D eigenvalue weighted by molar-refractivity contribution is 0.322. The fourth-order valence-electron chi connectivity index (χ4n) is 1.64. The number of rotatable bonds is 1. The molecule has 0 bridgehead atoms. The van der Waals surface area contributed by atoms with Crippen molar-refractivity contribution in [1.29, 1.82) is 0 Å². The van der Waals surface area contributed by atoms with Crippen molar-refractivity contribution in [1.82, 2.24) is 0 Å². The van der Waals surface area contributed by atoms with Crippen molar-refractivity contribution < 1.29 is 4.39 Å². The number of fused-ring (bicyclic) bond motifs is 1. The van der Waals surface area contributed by atoms with Crippen molar-refractivity contribution in [3.8, 4) is 0 Å². The Kier molecular flexibility index (Phi) is 2.16. The highest BCUT2D eigenvalue weighted by Gasteiger charge is 2.24. The second kappa shape index (κ2) is 3.18. The third-order valence-corrected chi connectivity index (χ3v) is 2.64. The number of halogens is 2. The van der Waals surface area contributed by atoms with Gasteiger partial charge in [-0.1, -0.05) is 11.6 Å². The van der Waals surface area contributed by atoms with E-state index in [0.29, 0.717) is 5.02 Å². The van der Waals surface area contributed by atoms with E-state index in [1.807, 2.05) is 18.2 Å². The maximum atomic E-state index is 13.0. The predicted molar refractivity (Wildman–Crippen MR) is 53.1 cm³/mol. The smallest absolute Gasteiger partial charge is 0.118 e. The lowest BCUT2D eigenvalue weighted by atomic mass is 10.1.